The maximum atomic E-state index is 13.5. The number of aryl methyl sites for hydroxylation is 1. The first-order chi connectivity index (χ1) is 12.7. The third kappa shape index (κ3) is 6.15. The van der Waals surface area contributed by atoms with Gasteiger partial charge < -0.3 is 10.6 Å². The fraction of sp³-hybridized carbons (Fsp3) is 0.222. The molecule has 2 aromatic carbocycles. The van der Waals surface area contributed by atoms with E-state index in [0.717, 1.165) is 0 Å². The molecule has 0 heterocycles. The first kappa shape index (κ1) is 20.5. The van der Waals surface area contributed by atoms with Gasteiger partial charge in [0.25, 0.3) is 0 Å². The van der Waals surface area contributed by atoms with Gasteiger partial charge >= 0.3 is 0 Å². The van der Waals surface area contributed by atoms with Crippen LogP contribution in [0.2, 0.25) is 0 Å². The Balaban J connectivity index is 1.88. The summed E-state index contributed by atoms with van der Waals surface area (Å²) in [5.74, 6) is -1.14. The summed E-state index contributed by atoms with van der Waals surface area (Å²) in [6.07, 6.45) is -0.112. The van der Waals surface area contributed by atoms with E-state index in [9.17, 15) is 22.4 Å². The minimum atomic E-state index is -3.79. The molecule has 0 bridgehead atoms. The van der Waals surface area contributed by atoms with Crippen LogP contribution in [0.25, 0.3) is 0 Å². The summed E-state index contributed by atoms with van der Waals surface area (Å²) in [7, 11) is -3.79. The van der Waals surface area contributed by atoms with Crippen LogP contribution in [0, 0.1) is 12.7 Å². The molecule has 2 rings (SSSR count). The van der Waals surface area contributed by atoms with Gasteiger partial charge in [0.05, 0.1) is 4.90 Å². The first-order valence-electron chi connectivity index (χ1n) is 8.11. The molecule has 0 atom stereocenters. The van der Waals surface area contributed by atoms with Gasteiger partial charge in [0.1, 0.15) is 5.82 Å². The molecule has 2 amide bonds. The number of amides is 2. The van der Waals surface area contributed by atoms with Crippen LogP contribution >= 0.6 is 0 Å². The molecule has 2 aromatic rings. The van der Waals surface area contributed by atoms with Crippen molar-refractivity contribution in [2.75, 3.05) is 17.2 Å². The molecule has 0 aliphatic carbocycles. The third-order valence-corrected chi connectivity index (χ3v) is 5.06. The normalized spacial score (nSPS) is 11.1. The predicted molar refractivity (Wildman–Crippen MR) is 100 cm³/mol. The lowest BCUT2D eigenvalue weighted by Gasteiger charge is -2.09. The van der Waals surface area contributed by atoms with Crippen LogP contribution in [0.4, 0.5) is 15.8 Å². The standard InChI is InChI=1S/C18H20FN3O4S/c1-12-3-4-15(11-17(12)19)22-18(24)9-10-20-27(25,26)16-7-5-14(6-8-16)21-13(2)23/h3-8,11,20H,9-10H2,1-2H3,(H,21,23)(H,22,24). The van der Waals surface area contributed by atoms with Crippen molar-refractivity contribution in [3.8, 4) is 0 Å². The number of halogens is 1. The molecule has 0 spiro atoms. The highest BCUT2D eigenvalue weighted by Crippen LogP contribution is 2.15. The molecule has 0 saturated carbocycles. The average Bonchev–Trinajstić information content (AvgIpc) is 2.58. The SMILES string of the molecule is CC(=O)Nc1ccc(S(=O)(=O)NCCC(=O)Nc2ccc(C)c(F)c2)cc1. The minimum Gasteiger partial charge on any atom is -0.326 e. The van der Waals surface area contributed by atoms with Gasteiger partial charge in [-0.05, 0) is 48.9 Å². The Morgan fingerprint density at radius 3 is 2.22 bits per heavy atom. The van der Waals surface area contributed by atoms with Gasteiger partial charge in [-0.2, -0.15) is 0 Å². The van der Waals surface area contributed by atoms with E-state index in [1.807, 2.05) is 0 Å². The van der Waals surface area contributed by atoms with Gasteiger partial charge in [-0.15, -0.1) is 0 Å². The monoisotopic (exact) mass is 393 g/mol. The van der Waals surface area contributed by atoms with E-state index >= 15 is 0 Å². The van der Waals surface area contributed by atoms with E-state index in [1.54, 1.807) is 13.0 Å². The van der Waals surface area contributed by atoms with Gasteiger partial charge in [0.15, 0.2) is 0 Å². The van der Waals surface area contributed by atoms with Gasteiger partial charge in [-0.1, -0.05) is 6.07 Å². The molecule has 3 N–H and O–H groups in total. The molecular formula is C18H20FN3O4S. The van der Waals surface area contributed by atoms with E-state index in [4.69, 9.17) is 0 Å². The average molecular weight is 393 g/mol. The van der Waals surface area contributed by atoms with Crippen LogP contribution in [0.15, 0.2) is 47.4 Å². The van der Waals surface area contributed by atoms with Crippen LogP contribution in [0.5, 0.6) is 0 Å². The smallest absolute Gasteiger partial charge is 0.240 e. The molecule has 0 saturated heterocycles. The van der Waals surface area contributed by atoms with Crippen LogP contribution in [-0.2, 0) is 19.6 Å². The molecule has 7 nitrogen and oxygen atoms in total. The number of hydrogen-bond acceptors (Lipinski definition) is 4. The summed E-state index contributed by atoms with van der Waals surface area (Å²) in [5.41, 5.74) is 1.25. The van der Waals surface area contributed by atoms with E-state index in [-0.39, 0.29) is 23.8 Å². The highest BCUT2D eigenvalue weighted by molar-refractivity contribution is 7.89. The van der Waals surface area contributed by atoms with Crippen molar-refractivity contribution in [2.45, 2.75) is 25.2 Å². The molecule has 9 heteroatoms. The van der Waals surface area contributed by atoms with Crippen molar-refractivity contribution in [1.29, 1.82) is 0 Å². The van der Waals surface area contributed by atoms with Crippen LogP contribution in [0.1, 0.15) is 18.9 Å². The molecule has 144 valence electrons. The van der Waals surface area contributed by atoms with E-state index in [0.29, 0.717) is 16.9 Å². The van der Waals surface area contributed by atoms with Crippen molar-refractivity contribution >= 4 is 33.2 Å². The van der Waals surface area contributed by atoms with Crippen LogP contribution in [0.3, 0.4) is 0 Å². The van der Waals surface area contributed by atoms with Crippen molar-refractivity contribution < 1.29 is 22.4 Å². The largest absolute Gasteiger partial charge is 0.326 e. The highest BCUT2D eigenvalue weighted by Gasteiger charge is 2.14. The zero-order valence-corrected chi connectivity index (χ0v) is 15.7. The Morgan fingerprint density at radius 2 is 1.63 bits per heavy atom. The Morgan fingerprint density at radius 1 is 1.00 bits per heavy atom. The second-order valence-electron chi connectivity index (χ2n) is 5.87. The maximum absolute atomic E-state index is 13.5. The number of nitrogens with one attached hydrogen (secondary N) is 3. The fourth-order valence-electron chi connectivity index (χ4n) is 2.20. The molecule has 0 radical (unpaired) electrons. The summed E-state index contributed by atoms with van der Waals surface area (Å²) in [4.78, 5) is 22.8. The van der Waals surface area contributed by atoms with E-state index in [1.165, 1.54) is 43.3 Å². The summed E-state index contributed by atoms with van der Waals surface area (Å²) in [5, 5.41) is 5.05. The lowest BCUT2D eigenvalue weighted by atomic mass is 10.2. The molecule has 0 aliphatic rings. The van der Waals surface area contributed by atoms with Crippen molar-refractivity contribution in [3.05, 3.63) is 53.8 Å². The topological polar surface area (TPSA) is 104 Å². The number of rotatable bonds is 7. The first-order valence-corrected chi connectivity index (χ1v) is 9.59. The van der Waals surface area contributed by atoms with E-state index < -0.39 is 21.7 Å². The number of sulfonamides is 1. The van der Waals surface area contributed by atoms with Gasteiger partial charge in [0.2, 0.25) is 21.8 Å². The summed E-state index contributed by atoms with van der Waals surface area (Å²) in [6, 6.07) is 9.94. The molecule has 0 unspecified atom stereocenters. The van der Waals surface area contributed by atoms with E-state index in [2.05, 4.69) is 15.4 Å². The minimum absolute atomic E-state index is 0.0117. The zero-order valence-electron chi connectivity index (χ0n) is 14.9. The molecule has 0 aromatic heterocycles. The summed E-state index contributed by atoms with van der Waals surface area (Å²) >= 11 is 0. The number of benzene rings is 2. The Labute approximate surface area is 157 Å². The van der Waals surface area contributed by atoms with Crippen molar-refractivity contribution in [3.63, 3.8) is 0 Å². The number of anilines is 2. The Hall–Kier alpha value is -2.78. The lowest BCUT2D eigenvalue weighted by molar-refractivity contribution is -0.116. The van der Waals surface area contributed by atoms with Gasteiger partial charge in [-0.3, -0.25) is 9.59 Å². The zero-order chi connectivity index (χ0) is 20.0. The molecule has 0 aliphatic heterocycles. The second kappa shape index (κ2) is 8.74. The molecule has 27 heavy (non-hydrogen) atoms. The second-order valence-corrected chi connectivity index (χ2v) is 7.63. The lowest BCUT2D eigenvalue weighted by Crippen LogP contribution is -2.27. The summed E-state index contributed by atoms with van der Waals surface area (Å²) < 4.78 is 40.2. The number of carbonyl (C=O) groups excluding carboxylic acids is 2. The maximum Gasteiger partial charge on any atom is 0.240 e. The fourth-order valence-corrected chi connectivity index (χ4v) is 3.23. The summed E-state index contributed by atoms with van der Waals surface area (Å²) in [6.45, 7) is 2.84. The molecule has 0 fully saturated rings. The van der Waals surface area contributed by atoms with Crippen LogP contribution in [-0.4, -0.2) is 26.8 Å². The molecular weight excluding hydrogens is 373 g/mol. The van der Waals surface area contributed by atoms with Crippen molar-refractivity contribution in [2.24, 2.45) is 0 Å². The predicted octanol–water partition coefficient (Wildman–Crippen LogP) is 2.40. The highest BCUT2D eigenvalue weighted by atomic mass is 32.2. The van der Waals surface area contributed by atoms with Crippen LogP contribution < -0.4 is 15.4 Å². The number of hydrogen-bond donors (Lipinski definition) is 3. The van der Waals surface area contributed by atoms with Crippen molar-refractivity contribution in [1.82, 2.24) is 4.72 Å². The van der Waals surface area contributed by atoms with Gasteiger partial charge in [0, 0.05) is 31.3 Å². The third-order valence-electron chi connectivity index (χ3n) is 3.58. The number of carbonyl (C=O) groups is 2. The Bertz CT molecular complexity index is 944. The van der Waals surface area contributed by atoms with Gasteiger partial charge in [-0.25, -0.2) is 17.5 Å². The quantitative estimate of drug-likeness (QED) is 0.672. The Kier molecular flexibility index (Phi) is 6.65.